The van der Waals surface area contributed by atoms with E-state index < -0.39 is 0 Å². The zero-order valence-corrected chi connectivity index (χ0v) is 55.6. The highest BCUT2D eigenvalue weighted by molar-refractivity contribution is 7.21. The van der Waals surface area contributed by atoms with Crippen LogP contribution in [0.15, 0.2) is 194 Å². The molecule has 18 rings (SSSR count). The van der Waals surface area contributed by atoms with Crippen molar-refractivity contribution in [3.63, 3.8) is 0 Å². The van der Waals surface area contributed by atoms with Crippen LogP contribution in [-0.2, 0) is 12.8 Å². The molecular weight excluding hydrogens is 1160 g/mol. The summed E-state index contributed by atoms with van der Waals surface area (Å²) in [6.07, 6.45) is 7.29. The molecule has 4 heteroatoms. The highest BCUT2D eigenvalue weighted by Crippen LogP contribution is 2.67. The summed E-state index contributed by atoms with van der Waals surface area (Å²) in [7, 11) is 0. The van der Waals surface area contributed by atoms with E-state index in [4.69, 9.17) is 0 Å². The van der Waals surface area contributed by atoms with Crippen molar-refractivity contribution in [3.8, 4) is 152 Å². The Balaban J connectivity index is 0.000000140. The second-order valence-electron chi connectivity index (χ2n) is 25.7. The Morgan fingerprint density at radius 2 is 0.422 bits per heavy atom. The minimum absolute atomic E-state index is 1.16. The summed E-state index contributed by atoms with van der Waals surface area (Å²) >= 11 is 7.82. The molecule has 0 fully saturated rings. The van der Waals surface area contributed by atoms with Crippen molar-refractivity contribution >= 4 is 66.9 Å². The lowest BCUT2D eigenvalue weighted by atomic mass is 9.96. The first-order valence-corrected chi connectivity index (χ1v) is 35.6. The standard InChI is InChI=1S/C46H32S2.C40H36S2/c1-25-5-13-29(14-6-25)43-39-33-21-22-35-38-36(24-23-34(37(33)38)40(39)44(47-43)30-15-7-26(2)8-16-30)42-41(35)45(31-17-9-27(3)10-18-31)48-46(42)32-19-11-28(4)12-20-32;1-5-7-9-25-11-15-27(16-12-25)39-37-31-21-19-29-33-23(3)41-24(4)34(33)30-20-22-32(36(31)35(29)30)38(37)40(42-39)28-17-13-26(14-18-28)10-8-6-2/h5-24H,1-4H3;11-22H,5-10H2,1-4H3. The zero-order valence-electron chi connectivity index (χ0n) is 52.4. The molecule has 0 atom stereocenters. The largest absolute Gasteiger partial charge is 0.145 e. The van der Waals surface area contributed by atoms with Crippen molar-refractivity contribution in [2.45, 2.75) is 93.9 Å². The highest BCUT2D eigenvalue weighted by atomic mass is 32.1. The topological polar surface area (TPSA) is 0 Å². The number of aryl methyl sites for hydroxylation is 8. The lowest BCUT2D eigenvalue weighted by molar-refractivity contribution is 0.795. The molecule has 4 heterocycles. The normalized spacial score (nSPS) is 12.3. The van der Waals surface area contributed by atoms with E-state index in [9.17, 15) is 0 Å². The fraction of sp³-hybridized carbons (Fsp3) is 0.163. The number of fused-ring (bicyclic) bond motifs is 12. The first-order valence-electron chi connectivity index (χ1n) is 32.3. The summed E-state index contributed by atoms with van der Waals surface area (Å²) in [5.41, 5.74) is 38.4. The van der Waals surface area contributed by atoms with Crippen LogP contribution in [0.2, 0.25) is 0 Å². The lowest BCUT2D eigenvalue weighted by Crippen LogP contribution is -1.85. The molecular formula is C86H68S4. The van der Waals surface area contributed by atoms with Crippen LogP contribution in [0.5, 0.6) is 0 Å². The third-order valence-electron chi connectivity index (χ3n) is 19.8. The molecule has 10 aromatic carbocycles. The first-order chi connectivity index (χ1) is 44.0. The molecule has 14 aromatic rings. The van der Waals surface area contributed by atoms with Gasteiger partial charge in [-0.3, -0.25) is 0 Å². The molecule has 436 valence electrons. The average Bonchev–Trinajstić information content (AvgIpc) is 1.54. The third-order valence-corrected chi connectivity index (χ3v) is 24.7. The molecule has 0 saturated carbocycles. The molecule has 0 unspecified atom stereocenters. The Morgan fingerprint density at radius 3 is 0.633 bits per heavy atom. The van der Waals surface area contributed by atoms with Crippen molar-refractivity contribution in [2.24, 2.45) is 0 Å². The molecule has 0 N–H and O–H groups in total. The molecule has 0 aliphatic heterocycles. The summed E-state index contributed by atoms with van der Waals surface area (Å²) in [6, 6.07) is 74.7. The molecule has 0 bridgehead atoms. The number of thiophene rings is 4. The molecule has 0 spiro atoms. The van der Waals surface area contributed by atoms with Gasteiger partial charge in [-0.2, -0.15) is 0 Å². The Kier molecular flexibility index (Phi) is 13.3. The van der Waals surface area contributed by atoms with Gasteiger partial charge in [0.2, 0.25) is 0 Å². The van der Waals surface area contributed by atoms with E-state index in [1.54, 1.807) is 0 Å². The van der Waals surface area contributed by atoms with Crippen molar-refractivity contribution < 1.29 is 0 Å². The van der Waals surface area contributed by atoms with Crippen LogP contribution in [-0.4, -0.2) is 0 Å². The van der Waals surface area contributed by atoms with Gasteiger partial charge in [-0.05, 0) is 178 Å². The number of unbranched alkanes of at least 4 members (excludes halogenated alkanes) is 2. The van der Waals surface area contributed by atoms with E-state index in [0.29, 0.717) is 0 Å². The maximum atomic E-state index is 2.43. The van der Waals surface area contributed by atoms with Crippen LogP contribution in [0.25, 0.3) is 173 Å². The molecule has 0 radical (unpaired) electrons. The zero-order chi connectivity index (χ0) is 60.8. The molecule has 4 aliphatic rings. The molecule has 4 aliphatic carbocycles. The van der Waals surface area contributed by atoms with Crippen molar-refractivity contribution in [2.75, 3.05) is 0 Å². The van der Waals surface area contributed by atoms with Crippen LogP contribution in [0.4, 0.5) is 0 Å². The fourth-order valence-corrected chi connectivity index (χ4v) is 20.4. The number of hydrogen-bond acceptors (Lipinski definition) is 4. The molecule has 0 amide bonds. The Hall–Kier alpha value is -8.48. The van der Waals surface area contributed by atoms with Gasteiger partial charge in [-0.1, -0.05) is 243 Å². The van der Waals surface area contributed by atoms with Crippen LogP contribution in [0.1, 0.15) is 82.7 Å². The van der Waals surface area contributed by atoms with Gasteiger partial charge in [0.1, 0.15) is 0 Å². The minimum Gasteiger partial charge on any atom is -0.145 e. The minimum atomic E-state index is 1.16. The van der Waals surface area contributed by atoms with Crippen LogP contribution < -0.4 is 0 Å². The summed E-state index contributed by atoms with van der Waals surface area (Å²) in [4.78, 5) is 11.1. The average molecular weight is 1230 g/mol. The van der Waals surface area contributed by atoms with E-state index in [-0.39, 0.29) is 0 Å². The number of hydrogen-bond donors (Lipinski definition) is 0. The molecule has 90 heavy (non-hydrogen) atoms. The maximum Gasteiger partial charge on any atom is 0.0434 e. The van der Waals surface area contributed by atoms with Gasteiger partial charge < -0.3 is 0 Å². The SMILES string of the molecule is CCCCc1ccc(-c2sc(-c3ccc(CCCC)cc3)c3c2-c2ccc4c5c(ccc-3c25)-c2c(C)sc(C)c2-4)cc1.Cc1ccc(-c2sc(-c3ccc(C)cc3)c3c2-c2ccc4c5c(ccc-3c25)-c2c(-c3ccc(C)cc3)sc(-c3ccc(C)cc3)c2-4)cc1. The van der Waals surface area contributed by atoms with Gasteiger partial charge in [0.05, 0.1) is 0 Å². The van der Waals surface area contributed by atoms with Gasteiger partial charge in [0.15, 0.2) is 0 Å². The van der Waals surface area contributed by atoms with Gasteiger partial charge in [0.25, 0.3) is 0 Å². The number of rotatable bonds is 12. The van der Waals surface area contributed by atoms with E-state index in [1.165, 1.54) is 242 Å². The van der Waals surface area contributed by atoms with Gasteiger partial charge >= 0.3 is 0 Å². The van der Waals surface area contributed by atoms with Gasteiger partial charge in [-0.15, -0.1) is 45.3 Å². The summed E-state index contributed by atoms with van der Waals surface area (Å²) < 4.78 is 0. The van der Waals surface area contributed by atoms with Gasteiger partial charge in [-0.25, -0.2) is 0 Å². The molecule has 4 aromatic heterocycles. The maximum absolute atomic E-state index is 2.43. The van der Waals surface area contributed by atoms with Gasteiger partial charge in [0, 0.05) is 83.5 Å². The quantitative estimate of drug-likeness (QED) is 0.114. The van der Waals surface area contributed by atoms with Crippen molar-refractivity contribution in [1.29, 1.82) is 0 Å². The Bertz CT molecular complexity index is 4750. The van der Waals surface area contributed by atoms with E-state index in [1.807, 2.05) is 45.3 Å². The Labute approximate surface area is 545 Å². The summed E-state index contributed by atoms with van der Waals surface area (Å²) in [6.45, 7) is 17.8. The predicted molar refractivity (Wildman–Crippen MR) is 395 cm³/mol. The highest BCUT2D eigenvalue weighted by Gasteiger charge is 2.39. The smallest absolute Gasteiger partial charge is 0.0434 e. The van der Waals surface area contributed by atoms with E-state index in [0.717, 1.165) is 12.8 Å². The molecule has 0 nitrogen and oxygen atoms in total. The van der Waals surface area contributed by atoms with Crippen LogP contribution in [0.3, 0.4) is 0 Å². The first kappa shape index (κ1) is 55.6. The van der Waals surface area contributed by atoms with Crippen molar-refractivity contribution in [3.05, 3.63) is 237 Å². The summed E-state index contributed by atoms with van der Waals surface area (Å²) in [5, 5.41) is 5.76. The number of benzene rings is 10. The van der Waals surface area contributed by atoms with Crippen molar-refractivity contribution in [1.82, 2.24) is 0 Å². The lowest BCUT2D eigenvalue weighted by Gasteiger charge is -2.11. The third kappa shape index (κ3) is 8.55. The van der Waals surface area contributed by atoms with Crippen LogP contribution in [0, 0.1) is 41.5 Å². The van der Waals surface area contributed by atoms with E-state index in [2.05, 4.69) is 250 Å². The monoisotopic (exact) mass is 1230 g/mol. The second kappa shape index (κ2) is 21.6. The second-order valence-corrected chi connectivity index (χ2v) is 30.2. The summed E-state index contributed by atoms with van der Waals surface area (Å²) in [5.74, 6) is 0. The fourth-order valence-electron chi connectivity index (χ4n) is 15.3. The predicted octanol–water partition coefficient (Wildman–Crippen LogP) is 27.1. The Morgan fingerprint density at radius 1 is 0.222 bits per heavy atom. The van der Waals surface area contributed by atoms with Crippen LogP contribution >= 0.6 is 45.3 Å². The molecule has 0 saturated heterocycles. The van der Waals surface area contributed by atoms with E-state index >= 15 is 0 Å².